The highest BCUT2D eigenvalue weighted by atomic mass is 32.1. The fourth-order valence-electron chi connectivity index (χ4n) is 4.99. The quantitative estimate of drug-likeness (QED) is 0.230. The number of aromatic nitrogens is 3. The van der Waals surface area contributed by atoms with Gasteiger partial charge in [-0.05, 0) is 30.3 Å². The maximum atomic E-state index is 4.63. The van der Waals surface area contributed by atoms with E-state index >= 15 is 0 Å². The second kappa shape index (κ2) is 5.58. The molecule has 3 aromatic carbocycles. The van der Waals surface area contributed by atoms with E-state index < -0.39 is 0 Å². The van der Waals surface area contributed by atoms with Gasteiger partial charge in [0.05, 0.1) is 5.52 Å². The summed E-state index contributed by atoms with van der Waals surface area (Å²) >= 11 is 3.78. The van der Waals surface area contributed by atoms with Crippen molar-refractivity contribution in [1.29, 1.82) is 0 Å². The van der Waals surface area contributed by atoms with Crippen molar-refractivity contribution in [3.05, 3.63) is 79.4 Å². The molecule has 5 heteroatoms. The highest BCUT2D eigenvalue weighted by Crippen LogP contribution is 2.45. The van der Waals surface area contributed by atoms with Crippen LogP contribution >= 0.6 is 22.7 Å². The van der Waals surface area contributed by atoms with Crippen LogP contribution in [0.1, 0.15) is 0 Å². The molecule has 0 radical (unpaired) electrons. The smallest absolute Gasteiger partial charge is 0.145 e. The lowest BCUT2D eigenvalue weighted by atomic mass is 10.0. The van der Waals surface area contributed by atoms with E-state index in [0.717, 1.165) is 16.4 Å². The van der Waals surface area contributed by atoms with E-state index in [1.54, 1.807) is 0 Å². The zero-order valence-electron chi connectivity index (χ0n) is 16.2. The third-order valence-corrected chi connectivity index (χ3v) is 8.67. The van der Waals surface area contributed by atoms with Gasteiger partial charge in [-0.15, -0.1) is 22.7 Å². The molecule has 3 nitrogen and oxygen atoms in total. The Morgan fingerprint density at radius 1 is 0.677 bits per heavy atom. The molecule has 0 aliphatic rings. The Hall–Kier alpha value is -3.54. The normalized spacial score (nSPS) is 12.5. The Kier molecular flexibility index (Phi) is 2.91. The highest BCUT2D eigenvalue weighted by molar-refractivity contribution is 7.29. The first kappa shape index (κ1) is 16.2. The summed E-state index contributed by atoms with van der Waals surface area (Å²) in [6, 6.07) is 20.1. The lowest BCUT2D eigenvalue weighted by molar-refractivity contribution is 1.27. The van der Waals surface area contributed by atoms with Crippen molar-refractivity contribution in [2.45, 2.75) is 0 Å². The first-order valence-corrected chi connectivity index (χ1v) is 11.8. The van der Waals surface area contributed by atoms with E-state index in [2.05, 4.69) is 75.2 Å². The first-order chi connectivity index (χ1) is 15.4. The number of nitrogens with zero attached hydrogens (tertiary/aromatic N) is 3. The SMILES string of the molecule is c1ccc2c(c1)sc1c2ccc2sc3cc4c(cc3c21)c1cnccc1c1nccn41. The molecule has 31 heavy (non-hydrogen) atoms. The zero-order chi connectivity index (χ0) is 20.1. The van der Waals surface area contributed by atoms with Crippen LogP contribution in [-0.4, -0.2) is 14.4 Å². The summed E-state index contributed by atoms with van der Waals surface area (Å²) in [5.74, 6) is 0. The molecule has 0 aliphatic heterocycles. The minimum absolute atomic E-state index is 0.984. The Balaban J connectivity index is 1.65. The van der Waals surface area contributed by atoms with Gasteiger partial charge < -0.3 is 0 Å². The Labute approximate surface area is 183 Å². The van der Waals surface area contributed by atoms with Crippen molar-refractivity contribution in [3.8, 4) is 0 Å². The number of benzene rings is 3. The molecule has 5 aromatic heterocycles. The van der Waals surface area contributed by atoms with Gasteiger partial charge >= 0.3 is 0 Å². The monoisotopic (exact) mass is 431 g/mol. The molecule has 0 fully saturated rings. The molecule has 0 N–H and O–H groups in total. The lowest BCUT2D eigenvalue weighted by Gasteiger charge is -2.08. The number of hydrogen-bond donors (Lipinski definition) is 0. The lowest BCUT2D eigenvalue weighted by Crippen LogP contribution is -1.90. The van der Waals surface area contributed by atoms with Crippen molar-refractivity contribution in [2.75, 3.05) is 0 Å². The number of fused-ring (bicyclic) bond motifs is 13. The predicted molar refractivity (Wildman–Crippen MR) is 134 cm³/mol. The minimum atomic E-state index is 0.984. The van der Waals surface area contributed by atoms with Crippen LogP contribution in [0.5, 0.6) is 0 Å². The van der Waals surface area contributed by atoms with Crippen LogP contribution in [0.25, 0.3) is 67.7 Å². The summed E-state index contributed by atoms with van der Waals surface area (Å²) in [4.78, 5) is 9.06. The third-order valence-electron chi connectivity index (χ3n) is 6.35. The molecular weight excluding hydrogens is 418 g/mol. The third kappa shape index (κ3) is 1.98. The minimum Gasteiger partial charge on any atom is -0.299 e. The fraction of sp³-hybridized carbons (Fsp3) is 0. The summed E-state index contributed by atoms with van der Waals surface area (Å²) in [5.41, 5.74) is 2.16. The van der Waals surface area contributed by atoms with E-state index in [1.165, 1.54) is 51.2 Å². The van der Waals surface area contributed by atoms with Gasteiger partial charge in [0.1, 0.15) is 5.65 Å². The number of hydrogen-bond acceptors (Lipinski definition) is 4. The topological polar surface area (TPSA) is 30.2 Å². The van der Waals surface area contributed by atoms with Gasteiger partial charge in [-0.2, -0.15) is 0 Å². The molecule has 0 atom stereocenters. The van der Waals surface area contributed by atoms with E-state index in [4.69, 9.17) is 0 Å². The molecule has 0 amide bonds. The number of imidazole rings is 1. The zero-order valence-corrected chi connectivity index (χ0v) is 17.8. The Morgan fingerprint density at radius 2 is 1.65 bits per heavy atom. The van der Waals surface area contributed by atoms with Crippen molar-refractivity contribution < 1.29 is 0 Å². The molecule has 0 aliphatic carbocycles. The van der Waals surface area contributed by atoms with Gasteiger partial charge in [-0.1, -0.05) is 24.3 Å². The molecule has 5 heterocycles. The van der Waals surface area contributed by atoms with Crippen molar-refractivity contribution in [1.82, 2.24) is 14.4 Å². The van der Waals surface area contributed by atoms with E-state index in [0.29, 0.717) is 0 Å². The molecule has 0 unspecified atom stereocenters. The number of pyridine rings is 2. The Bertz CT molecular complexity index is 2010. The Morgan fingerprint density at radius 3 is 2.65 bits per heavy atom. The molecule has 0 bridgehead atoms. The second-order valence-electron chi connectivity index (χ2n) is 7.92. The van der Waals surface area contributed by atoms with Crippen LogP contribution < -0.4 is 0 Å². The summed E-state index contributed by atoms with van der Waals surface area (Å²) in [5, 5.41) is 8.92. The molecule has 0 saturated carbocycles. The maximum Gasteiger partial charge on any atom is 0.145 e. The maximum absolute atomic E-state index is 4.63. The molecule has 8 aromatic rings. The van der Waals surface area contributed by atoms with Crippen molar-refractivity contribution in [3.63, 3.8) is 0 Å². The van der Waals surface area contributed by atoms with Crippen LogP contribution in [0.2, 0.25) is 0 Å². The van der Waals surface area contributed by atoms with Gasteiger partial charge in [0, 0.05) is 81.3 Å². The molecular formula is C26H13N3S2. The van der Waals surface area contributed by atoms with E-state index in [9.17, 15) is 0 Å². The number of thiophene rings is 2. The molecule has 0 spiro atoms. The van der Waals surface area contributed by atoms with Gasteiger partial charge in [0.25, 0.3) is 0 Å². The van der Waals surface area contributed by atoms with Crippen molar-refractivity contribution in [2.24, 2.45) is 0 Å². The summed E-state index contributed by atoms with van der Waals surface area (Å²) in [7, 11) is 0. The van der Waals surface area contributed by atoms with Crippen LogP contribution in [0.15, 0.2) is 79.4 Å². The van der Waals surface area contributed by atoms with Gasteiger partial charge in [-0.25, -0.2) is 4.98 Å². The fourth-order valence-corrected chi connectivity index (χ4v) is 7.45. The van der Waals surface area contributed by atoms with E-state index in [-0.39, 0.29) is 0 Å². The standard InChI is InChI=1S/C26H13N3S2/c1-2-4-21-14(3-1)15-5-6-22-24(25(15)31-21)18-11-17-19-13-27-8-7-16(19)26-28-9-10-29(26)20(17)12-23(18)30-22/h1-13H. The summed E-state index contributed by atoms with van der Waals surface area (Å²) < 4.78 is 7.59. The average Bonchev–Trinajstić information content (AvgIpc) is 3.52. The van der Waals surface area contributed by atoms with Gasteiger partial charge in [0.15, 0.2) is 0 Å². The highest BCUT2D eigenvalue weighted by Gasteiger charge is 2.16. The van der Waals surface area contributed by atoms with Crippen molar-refractivity contribution >= 4 is 90.3 Å². The summed E-state index contributed by atoms with van der Waals surface area (Å²) in [6.07, 6.45) is 7.76. The predicted octanol–water partition coefficient (Wildman–Crippen LogP) is 7.77. The van der Waals surface area contributed by atoms with E-state index in [1.807, 2.05) is 41.3 Å². The van der Waals surface area contributed by atoms with Crippen LogP contribution in [0.3, 0.4) is 0 Å². The van der Waals surface area contributed by atoms with Crippen LogP contribution in [0, 0.1) is 0 Å². The van der Waals surface area contributed by atoms with Gasteiger partial charge in [-0.3, -0.25) is 9.38 Å². The molecule has 0 saturated heterocycles. The van der Waals surface area contributed by atoms with Gasteiger partial charge in [0.2, 0.25) is 0 Å². The first-order valence-electron chi connectivity index (χ1n) is 10.2. The molecule has 8 rings (SSSR count). The average molecular weight is 432 g/mol. The second-order valence-corrected chi connectivity index (χ2v) is 10.1. The summed E-state index contributed by atoms with van der Waals surface area (Å²) in [6.45, 7) is 0. The largest absolute Gasteiger partial charge is 0.299 e. The number of rotatable bonds is 0. The van der Waals surface area contributed by atoms with Crippen LogP contribution in [-0.2, 0) is 0 Å². The molecule has 144 valence electrons. The van der Waals surface area contributed by atoms with Crippen LogP contribution in [0.4, 0.5) is 0 Å².